The summed E-state index contributed by atoms with van der Waals surface area (Å²) in [6, 6.07) is 15.8. The standard InChI is InChI=1S/C20H22N4O2S/c1-15-7-3-5-9-17(15)24-14-22-23-20(24)27-13-19(25)21-12-11-16-8-4-6-10-18(16)26-2/h3-10,14H,11-13H2,1-2H3,(H,21,25). The van der Waals surface area contributed by atoms with Crippen LogP contribution in [-0.4, -0.2) is 40.1 Å². The second-order valence-corrected chi connectivity index (χ2v) is 6.91. The van der Waals surface area contributed by atoms with Crippen LogP contribution in [0.1, 0.15) is 11.1 Å². The number of ether oxygens (including phenoxy) is 1. The highest BCUT2D eigenvalue weighted by Gasteiger charge is 2.11. The number of aryl methyl sites for hydroxylation is 1. The molecule has 27 heavy (non-hydrogen) atoms. The van der Waals surface area contributed by atoms with Crippen LogP contribution in [0.2, 0.25) is 0 Å². The van der Waals surface area contributed by atoms with E-state index in [1.807, 2.05) is 60.0 Å². The minimum absolute atomic E-state index is 0.0331. The third-order valence-corrected chi connectivity index (χ3v) is 5.08. The molecule has 0 saturated carbocycles. The Kier molecular flexibility index (Phi) is 6.49. The second kappa shape index (κ2) is 9.23. The Hall–Kier alpha value is -2.80. The van der Waals surface area contributed by atoms with Crippen molar-refractivity contribution in [3.63, 3.8) is 0 Å². The van der Waals surface area contributed by atoms with Gasteiger partial charge in [0.25, 0.3) is 0 Å². The zero-order chi connectivity index (χ0) is 19.1. The van der Waals surface area contributed by atoms with E-state index in [1.54, 1.807) is 13.4 Å². The van der Waals surface area contributed by atoms with E-state index in [0.29, 0.717) is 11.7 Å². The number of thioether (sulfide) groups is 1. The molecule has 0 aliphatic carbocycles. The first-order valence-electron chi connectivity index (χ1n) is 8.66. The Labute approximate surface area is 163 Å². The van der Waals surface area contributed by atoms with Gasteiger partial charge in [0.1, 0.15) is 12.1 Å². The van der Waals surface area contributed by atoms with Crippen molar-refractivity contribution in [2.75, 3.05) is 19.4 Å². The highest BCUT2D eigenvalue weighted by atomic mass is 32.2. The predicted molar refractivity (Wildman–Crippen MR) is 107 cm³/mol. The molecule has 140 valence electrons. The van der Waals surface area contributed by atoms with Crippen LogP contribution in [0.3, 0.4) is 0 Å². The molecule has 0 radical (unpaired) electrons. The molecule has 3 rings (SSSR count). The van der Waals surface area contributed by atoms with Gasteiger partial charge in [0.05, 0.1) is 18.6 Å². The Bertz CT molecular complexity index is 910. The van der Waals surface area contributed by atoms with Crippen molar-refractivity contribution >= 4 is 17.7 Å². The molecule has 0 atom stereocenters. The van der Waals surface area contributed by atoms with E-state index < -0.39 is 0 Å². The lowest BCUT2D eigenvalue weighted by Crippen LogP contribution is -2.27. The first-order valence-corrected chi connectivity index (χ1v) is 9.65. The van der Waals surface area contributed by atoms with Crippen LogP contribution < -0.4 is 10.1 Å². The van der Waals surface area contributed by atoms with Gasteiger partial charge >= 0.3 is 0 Å². The number of nitrogens with one attached hydrogen (secondary N) is 1. The molecule has 7 heteroatoms. The number of para-hydroxylation sites is 2. The predicted octanol–water partition coefficient (Wildman–Crippen LogP) is 3.04. The summed E-state index contributed by atoms with van der Waals surface area (Å²) >= 11 is 1.37. The molecule has 1 aromatic heterocycles. The molecule has 0 aliphatic rings. The van der Waals surface area contributed by atoms with Crippen LogP contribution >= 0.6 is 11.8 Å². The van der Waals surface area contributed by atoms with E-state index in [4.69, 9.17) is 4.74 Å². The van der Waals surface area contributed by atoms with Gasteiger partial charge in [0.2, 0.25) is 5.91 Å². The minimum Gasteiger partial charge on any atom is -0.496 e. The maximum Gasteiger partial charge on any atom is 0.230 e. The van der Waals surface area contributed by atoms with Crippen molar-refractivity contribution in [2.24, 2.45) is 0 Å². The van der Waals surface area contributed by atoms with Crippen molar-refractivity contribution < 1.29 is 9.53 Å². The summed E-state index contributed by atoms with van der Waals surface area (Å²) < 4.78 is 7.23. The average Bonchev–Trinajstić information content (AvgIpc) is 3.15. The summed E-state index contributed by atoms with van der Waals surface area (Å²) in [4.78, 5) is 12.2. The van der Waals surface area contributed by atoms with Crippen LogP contribution in [0.4, 0.5) is 0 Å². The van der Waals surface area contributed by atoms with Gasteiger partial charge in [-0.2, -0.15) is 0 Å². The lowest BCUT2D eigenvalue weighted by atomic mass is 10.1. The molecule has 2 aromatic carbocycles. The number of aromatic nitrogens is 3. The molecule has 1 heterocycles. The van der Waals surface area contributed by atoms with E-state index in [0.717, 1.165) is 29.0 Å². The molecule has 0 unspecified atom stereocenters. The smallest absolute Gasteiger partial charge is 0.230 e. The van der Waals surface area contributed by atoms with Gasteiger partial charge in [-0.3, -0.25) is 9.36 Å². The topological polar surface area (TPSA) is 69.0 Å². The fraction of sp³-hybridized carbons (Fsp3) is 0.250. The molecule has 3 aromatic rings. The van der Waals surface area contributed by atoms with Crippen LogP contribution in [0.5, 0.6) is 5.75 Å². The molecule has 0 aliphatic heterocycles. The molecular weight excluding hydrogens is 360 g/mol. The molecular formula is C20H22N4O2S. The number of carbonyl (C=O) groups is 1. The zero-order valence-electron chi connectivity index (χ0n) is 15.4. The minimum atomic E-state index is -0.0331. The number of amides is 1. The van der Waals surface area contributed by atoms with Gasteiger partial charge in [-0.15, -0.1) is 10.2 Å². The molecule has 6 nitrogen and oxygen atoms in total. The summed E-state index contributed by atoms with van der Waals surface area (Å²) in [6.07, 6.45) is 2.39. The Morgan fingerprint density at radius 1 is 1.19 bits per heavy atom. The highest BCUT2D eigenvalue weighted by molar-refractivity contribution is 7.99. The van der Waals surface area contributed by atoms with Crippen molar-refractivity contribution in [3.05, 3.63) is 66.0 Å². The van der Waals surface area contributed by atoms with Gasteiger partial charge in [0, 0.05) is 6.54 Å². The van der Waals surface area contributed by atoms with Crippen molar-refractivity contribution in [1.82, 2.24) is 20.1 Å². The molecule has 0 bridgehead atoms. The SMILES string of the molecule is COc1ccccc1CCNC(=O)CSc1nncn1-c1ccccc1C. The van der Waals surface area contributed by atoms with E-state index in [9.17, 15) is 4.79 Å². The summed E-state index contributed by atoms with van der Waals surface area (Å²) in [5.41, 5.74) is 3.22. The fourth-order valence-electron chi connectivity index (χ4n) is 2.75. The highest BCUT2D eigenvalue weighted by Crippen LogP contribution is 2.21. The second-order valence-electron chi connectivity index (χ2n) is 5.97. The van der Waals surface area contributed by atoms with E-state index >= 15 is 0 Å². The van der Waals surface area contributed by atoms with Crippen LogP contribution in [0, 0.1) is 6.92 Å². The first kappa shape index (κ1) is 19.0. The lowest BCUT2D eigenvalue weighted by molar-refractivity contribution is -0.118. The van der Waals surface area contributed by atoms with Gasteiger partial charge in [-0.25, -0.2) is 0 Å². The fourth-order valence-corrected chi connectivity index (χ4v) is 3.50. The van der Waals surface area contributed by atoms with Crippen LogP contribution in [0.25, 0.3) is 5.69 Å². The van der Waals surface area contributed by atoms with Crippen LogP contribution in [0.15, 0.2) is 60.0 Å². The summed E-state index contributed by atoms with van der Waals surface area (Å²) in [5, 5.41) is 11.8. The number of hydrogen-bond donors (Lipinski definition) is 1. The third-order valence-electron chi connectivity index (χ3n) is 4.13. The maximum atomic E-state index is 12.2. The van der Waals surface area contributed by atoms with Crippen molar-refractivity contribution in [2.45, 2.75) is 18.5 Å². The van der Waals surface area contributed by atoms with Gasteiger partial charge in [-0.1, -0.05) is 48.2 Å². The Morgan fingerprint density at radius 3 is 2.78 bits per heavy atom. The maximum absolute atomic E-state index is 12.2. The monoisotopic (exact) mass is 382 g/mol. The Balaban J connectivity index is 1.52. The Morgan fingerprint density at radius 2 is 1.96 bits per heavy atom. The van der Waals surface area contributed by atoms with Gasteiger partial charge < -0.3 is 10.1 Å². The van der Waals surface area contributed by atoms with Crippen LogP contribution in [-0.2, 0) is 11.2 Å². The zero-order valence-corrected chi connectivity index (χ0v) is 16.2. The molecule has 0 saturated heterocycles. The molecule has 0 fully saturated rings. The van der Waals surface area contributed by atoms with E-state index in [1.165, 1.54) is 11.8 Å². The van der Waals surface area contributed by atoms with E-state index in [2.05, 4.69) is 15.5 Å². The summed E-state index contributed by atoms with van der Waals surface area (Å²) in [5.74, 6) is 1.10. The third kappa shape index (κ3) is 4.89. The number of rotatable bonds is 8. The number of nitrogens with zero attached hydrogens (tertiary/aromatic N) is 3. The average molecular weight is 382 g/mol. The quantitative estimate of drug-likeness (QED) is 0.607. The number of methoxy groups -OCH3 is 1. The number of hydrogen-bond acceptors (Lipinski definition) is 5. The number of benzene rings is 2. The summed E-state index contributed by atoms with van der Waals surface area (Å²) in [6.45, 7) is 2.60. The number of carbonyl (C=O) groups excluding carboxylic acids is 1. The molecule has 1 N–H and O–H groups in total. The van der Waals surface area contributed by atoms with E-state index in [-0.39, 0.29) is 11.7 Å². The molecule has 0 spiro atoms. The molecule has 1 amide bonds. The van der Waals surface area contributed by atoms with Crippen molar-refractivity contribution in [1.29, 1.82) is 0 Å². The van der Waals surface area contributed by atoms with Crippen molar-refractivity contribution in [3.8, 4) is 11.4 Å². The largest absolute Gasteiger partial charge is 0.496 e. The lowest BCUT2D eigenvalue weighted by Gasteiger charge is -2.10. The summed E-state index contributed by atoms with van der Waals surface area (Å²) in [7, 11) is 1.65. The van der Waals surface area contributed by atoms with Gasteiger partial charge in [-0.05, 0) is 36.6 Å². The normalized spacial score (nSPS) is 10.6. The first-order chi connectivity index (χ1) is 13.2. The van der Waals surface area contributed by atoms with Gasteiger partial charge in [0.15, 0.2) is 5.16 Å².